The van der Waals surface area contributed by atoms with Crippen LogP contribution in [0.1, 0.15) is 28.8 Å². The molecule has 0 unspecified atom stereocenters. The first-order valence-corrected chi connectivity index (χ1v) is 8.14. The normalized spacial score (nSPS) is 15.3. The third-order valence-electron chi connectivity index (χ3n) is 4.20. The zero-order valence-electron chi connectivity index (χ0n) is 13.5. The minimum atomic E-state index is -0.334. The average Bonchev–Trinajstić information content (AvgIpc) is 2.60. The van der Waals surface area contributed by atoms with E-state index in [9.17, 15) is 9.18 Å². The van der Waals surface area contributed by atoms with Gasteiger partial charge >= 0.3 is 0 Å². The molecule has 1 aliphatic rings. The molecule has 0 aliphatic carbocycles. The number of rotatable bonds is 4. The van der Waals surface area contributed by atoms with Gasteiger partial charge in [0.05, 0.1) is 0 Å². The van der Waals surface area contributed by atoms with Crippen LogP contribution in [0, 0.1) is 5.82 Å². The maximum absolute atomic E-state index is 13.2. The lowest BCUT2D eigenvalue weighted by Crippen LogP contribution is -2.42. The van der Waals surface area contributed by atoms with Crippen LogP contribution in [0.15, 0.2) is 48.5 Å². The Morgan fingerprint density at radius 2 is 1.92 bits per heavy atom. The smallest absolute Gasteiger partial charge is 0.253 e. The van der Waals surface area contributed by atoms with Gasteiger partial charge in [-0.1, -0.05) is 18.2 Å². The zero-order chi connectivity index (χ0) is 16.9. The van der Waals surface area contributed by atoms with E-state index in [-0.39, 0.29) is 24.4 Å². The fourth-order valence-corrected chi connectivity index (χ4v) is 2.80. The number of hydrogen-bond donors (Lipinski definition) is 1. The van der Waals surface area contributed by atoms with Gasteiger partial charge in [-0.15, -0.1) is 0 Å². The highest BCUT2D eigenvalue weighted by molar-refractivity contribution is 5.94. The van der Waals surface area contributed by atoms with Crippen molar-refractivity contribution >= 4 is 5.91 Å². The summed E-state index contributed by atoms with van der Waals surface area (Å²) in [6.45, 7) is 1.68. The molecule has 5 heteroatoms. The summed E-state index contributed by atoms with van der Waals surface area (Å²) < 4.78 is 18.7. The number of ether oxygens (including phenoxy) is 1. The molecule has 1 fully saturated rings. The second-order valence-electron chi connectivity index (χ2n) is 6.08. The highest BCUT2D eigenvalue weighted by Gasteiger charge is 2.21. The van der Waals surface area contributed by atoms with E-state index in [2.05, 4.69) is 0 Å². The second-order valence-corrected chi connectivity index (χ2v) is 6.08. The van der Waals surface area contributed by atoms with Crippen LogP contribution in [-0.2, 0) is 6.61 Å². The Labute approximate surface area is 141 Å². The summed E-state index contributed by atoms with van der Waals surface area (Å²) in [6, 6.07) is 13.6. The molecule has 2 aromatic carbocycles. The number of halogens is 1. The highest BCUT2D eigenvalue weighted by atomic mass is 19.1. The number of benzene rings is 2. The minimum Gasteiger partial charge on any atom is -0.489 e. The Morgan fingerprint density at radius 1 is 1.17 bits per heavy atom. The van der Waals surface area contributed by atoms with E-state index in [0.717, 1.165) is 18.4 Å². The fourth-order valence-electron chi connectivity index (χ4n) is 2.80. The zero-order valence-corrected chi connectivity index (χ0v) is 13.5. The molecule has 126 valence electrons. The molecule has 1 aliphatic heterocycles. The molecule has 0 atom stereocenters. The van der Waals surface area contributed by atoms with Crippen molar-refractivity contribution < 1.29 is 13.9 Å². The van der Waals surface area contributed by atoms with Crippen molar-refractivity contribution in [2.75, 3.05) is 13.1 Å². The Kier molecular flexibility index (Phi) is 5.11. The molecule has 0 spiro atoms. The van der Waals surface area contributed by atoms with Gasteiger partial charge in [-0.2, -0.15) is 0 Å². The number of nitrogens with two attached hydrogens (primary N) is 1. The van der Waals surface area contributed by atoms with Crippen LogP contribution in [0.3, 0.4) is 0 Å². The number of carbonyl (C=O) groups excluding carboxylic acids is 1. The standard InChI is InChI=1S/C19H21FN2O2/c20-16-5-2-6-18(12-16)24-13-14-3-1-4-15(11-14)19(23)22-9-7-17(21)8-10-22/h1-6,11-12,17H,7-10,13,21H2. The van der Waals surface area contributed by atoms with Gasteiger partial charge in [-0.05, 0) is 42.7 Å². The molecule has 24 heavy (non-hydrogen) atoms. The van der Waals surface area contributed by atoms with Gasteiger partial charge in [-0.3, -0.25) is 4.79 Å². The fraction of sp³-hybridized carbons (Fsp3) is 0.316. The van der Waals surface area contributed by atoms with Crippen LogP contribution < -0.4 is 10.5 Å². The summed E-state index contributed by atoms with van der Waals surface area (Å²) in [5.74, 6) is 0.158. The second kappa shape index (κ2) is 7.45. The maximum Gasteiger partial charge on any atom is 0.253 e. The molecule has 4 nitrogen and oxygen atoms in total. The van der Waals surface area contributed by atoms with Gasteiger partial charge in [0.2, 0.25) is 0 Å². The lowest BCUT2D eigenvalue weighted by molar-refractivity contribution is 0.0714. The van der Waals surface area contributed by atoms with Crippen molar-refractivity contribution in [3.8, 4) is 5.75 Å². The maximum atomic E-state index is 13.2. The Hall–Kier alpha value is -2.40. The van der Waals surface area contributed by atoms with Gasteiger partial charge in [0, 0.05) is 30.8 Å². The van der Waals surface area contributed by atoms with Crippen LogP contribution in [0.2, 0.25) is 0 Å². The molecular weight excluding hydrogens is 307 g/mol. The van der Waals surface area contributed by atoms with Gasteiger partial charge in [0.25, 0.3) is 5.91 Å². The predicted octanol–water partition coefficient (Wildman–Crippen LogP) is 2.97. The first kappa shape index (κ1) is 16.5. The van der Waals surface area contributed by atoms with E-state index in [1.54, 1.807) is 12.1 Å². The molecule has 0 bridgehead atoms. The number of nitrogens with zero attached hydrogens (tertiary/aromatic N) is 1. The number of likely N-dealkylation sites (tertiary alicyclic amines) is 1. The van der Waals surface area contributed by atoms with Crippen LogP contribution in [0.25, 0.3) is 0 Å². The molecule has 0 aromatic heterocycles. The lowest BCUT2D eigenvalue weighted by atomic mass is 10.0. The molecule has 2 aromatic rings. The van der Waals surface area contributed by atoms with Gasteiger partial charge in [-0.25, -0.2) is 4.39 Å². The highest BCUT2D eigenvalue weighted by Crippen LogP contribution is 2.17. The molecule has 3 rings (SSSR count). The summed E-state index contributed by atoms with van der Waals surface area (Å²) >= 11 is 0. The minimum absolute atomic E-state index is 0.0227. The summed E-state index contributed by atoms with van der Waals surface area (Å²) in [4.78, 5) is 14.4. The largest absolute Gasteiger partial charge is 0.489 e. The van der Waals surface area contributed by atoms with Crippen molar-refractivity contribution in [1.82, 2.24) is 4.90 Å². The summed E-state index contributed by atoms with van der Waals surface area (Å²) in [5, 5.41) is 0. The Bertz CT molecular complexity index is 712. The predicted molar refractivity (Wildman–Crippen MR) is 90.3 cm³/mol. The van der Waals surface area contributed by atoms with Crippen molar-refractivity contribution in [2.45, 2.75) is 25.5 Å². The van der Waals surface area contributed by atoms with E-state index < -0.39 is 0 Å². The Balaban J connectivity index is 1.64. The summed E-state index contributed by atoms with van der Waals surface area (Å²) in [6.07, 6.45) is 1.68. The van der Waals surface area contributed by atoms with E-state index in [4.69, 9.17) is 10.5 Å². The van der Waals surface area contributed by atoms with E-state index in [0.29, 0.717) is 24.4 Å². The number of amides is 1. The molecule has 0 radical (unpaired) electrons. The van der Waals surface area contributed by atoms with Crippen molar-refractivity contribution in [3.63, 3.8) is 0 Å². The van der Waals surface area contributed by atoms with Crippen molar-refractivity contribution in [3.05, 3.63) is 65.5 Å². The van der Waals surface area contributed by atoms with Crippen LogP contribution in [-0.4, -0.2) is 29.9 Å². The van der Waals surface area contributed by atoms with Crippen molar-refractivity contribution in [1.29, 1.82) is 0 Å². The van der Waals surface area contributed by atoms with Gasteiger partial charge < -0.3 is 15.4 Å². The summed E-state index contributed by atoms with van der Waals surface area (Å²) in [7, 11) is 0. The quantitative estimate of drug-likeness (QED) is 0.939. The summed E-state index contributed by atoms with van der Waals surface area (Å²) in [5.41, 5.74) is 7.40. The lowest BCUT2D eigenvalue weighted by Gasteiger charge is -2.30. The number of piperidine rings is 1. The molecule has 1 amide bonds. The van der Waals surface area contributed by atoms with E-state index in [1.165, 1.54) is 12.1 Å². The first-order chi connectivity index (χ1) is 11.6. The number of carbonyl (C=O) groups is 1. The van der Waals surface area contributed by atoms with Crippen LogP contribution in [0.4, 0.5) is 4.39 Å². The average molecular weight is 328 g/mol. The molecule has 1 saturated heterocycles. The van der Waals surface area contributed by atoms with Crippen LogP contribution in [0.5, 0.6) is 5.75 Å². The van der Waals surface area contributed by atoms with Gasteiger partial charge in [0.1, 0.15) is 18.2 Å². The third-order valence-corrected chi connectivity index (χ3v) is 4.20. The molecule has 2 N–H and O–H groups in total. The molecule has 1 heterocycles. The molecular formula is C19H21FN2O2. The number of hydrogen-bond acceptors (Lipinski definition) is 3. The van der Waals surface area contributed by atoms with Crippen LogP contribution >= 0.6 is 0 Å². The SMILES string of the molecule is NC1CCN(C(=O)c2cccc(COc3cccc(F)c3)c2)CC1. The van der Waals surface area contributed by atoms with E-state index in [1.807, 2.05) is 29.2 Å². The van der Waals surface area contributed by atoms with E-state index >= 15 is 0 Å². The topological polar surface area (TPSA) is 55.6 Å². The van der Waals surface area contributed by atoms with Crippen molar-refractivity contribution in [2.24, 2.45) is 5.73 Å². The third kappa shape index (κ3) is 4.11. The first-order valence-electron chi connectivity index (χ1n) is 8.14. The van der Waals surface area contributed by atoms with Gasteiger partial charge in [0.15, 0.2) is 0 Å². The molecule has 0 saturated carbocycles. The monoisotopic (exact) mass is 328 g/mol. The Morgan fingerprint density at radius 3 is 2.67 bits per heavy atom.